The fourth-order valence-corrected chi connectivity index (χ4v) is 4.19. The highest BCUT2D eigenvalue weighted by Gasteiger charge is 2.49. The van der Waals surface area contributed by atoms with Gasteiger partial charge in [-0.1, -0.05) is 47.5 Å². The number of ketones is 1. The Morgan fingerprint density at radius 3 is 2.62 bits per heavy atom. The number of nitrogens with zero attached hydrogens (tertiary/aromatic N) is 3. The standard InChI is InChI=1S/C23H18Cl2N4O3/c1-23(14-7-8-17(24)18(25)11-14)21(31)29(22(32)27-23)13-20(30)16-12-28(10-4-9-26)19-6-3-2-5-15(16)19/h2-3,5-8,11-12H,4,10,13H2,1H3,(H,27,32). The van der Waals surface area contributed by atoms with Gasteiger partial charge in [0.05, 0.1) is 29.1 Å². The van der Waals surface area contributed by atoms with Gasteiger partial charge < -0.3 is 9.88 Å². The lowest BCUT2D eigenvalue weighted by Crippen LogP contribution is -2.41. The van der Waals surface area contributed by atoms with Crippen LogP contribution in [0.4, 0.5) is 4.79 Å². The van der Waals surface area contributed by atoms with Crippen molar-refractivity contribution in [1.82, 2.24) is 14.8 Å². The van der Waals surface area contributed by atoms with Crippen molar-refractivity contribution in [3.63, 3.8) is 0 Å². The molecule has 1 fully saturated rings. The predicted octanol–water partition coefficient (Wildman–Crippen LogP) is 4.51. The Hall–Kier alpha value is -3.34. The second kappa shape index (κ2) is 8.30. The topological polar surface area (TPSA) is 95.2 Å². The molecule has 0 aliphatic carbocycles. The van der Waals surface area contributed by atoms with E-state index in [1.165, 1.54) is 6.07 Å². The van der Waals surface area contributed by atoms with Gasteiger partial charge in [0.25, 0.3) is 5.91 Å². The molecule has 1 saturated heterocycles. The zero-order valence-electron chi connectivity index (χ0n) is 17.1. The number of benzene rings is 2. The summed E-state index contributed by atoms with van der Waals surface area (Å²) in [5.41, 5.74) is 0.298. The maximum absolute atomic E-state index is 13.2. The van der Waals surface area contributed by atoms with Gasteiger partial charge in [-0.3, -0.25) is 14.5 Å². The number of rotatable bonds is 6. The van der Waals surface area contributed by atoms with Crippen LogP contribution >= 0.6 is 23.2 Å². The van der Waals surface area contributed by atoms with Crippen LogP contribution in [0.5, 0.6) is 0 Å². The molecule has 1 aromatic heterocycles. The van der Waals surface area contributed by atoms with Crippen molar-refractivity contribution in [3.8, 4) is 6.07 Å². The van der Waals surface area contributed by atoms with Crippen LogP contribution in [0, 0.1) is 11.3 Å². The first-order valence-corrected chi connectivity index (χ1v) is 10.6. The third kappa shape index (κ3) is 3.62. The number of imide groups is 1. The predicted molar refractivity (Wildman–Crippen MR) is 121 cm³/mol. The summed E-state index contributed by atoms with van der Waals surface area (Å²) < 4.78 is 1.83. The highest BCUT2D eigenvalue weighted by molar-refractivity contribution is 6.42. The van der Waals surface area contributed by atoms with Crippen LogP contribution in [0.3, 0.4) is 0 Å². The summed E-state index contributed by atoms with van der Waals surface area (Å²) in [6.45, 7) is 1.59. The third-order valence-electron chi connectivity index (χ3n) is 5.63. The number of nitriles is 1. The quantitative estimate of drug-likeness (QED) is 0.425. The van der Waals surface area contributed by atoms with Crippen LogP contribution in [0.2, 0.25) is 10.0 Å². The van der Waals surface area contributed by atoms with E-state index in [2.05, 4.69) is 11.4 Å². The number of para-hydroxylation sites is 1. The van der Waals surface area contributed by atoms with Gasteiger partial charge >= 0.3 is 6.03 Å². The van der Waals surface area contributed by atoms with E-state index in [1.807, 2.05) is 22.8 Å². The summed E-state index contributed by atoms with van der Waals surface area (Å²) in [7, 11) is 0. The number of carbonyl (C=O) groups excluding carboxylic acids is 3. The molecule has 1 unspecified atom stereocenters. The van der Waals surface area contributed by atoms with Gasteiger partial charge in [0.1, 0.15) is 5.54 Å². The van der Waals surface area contributed by atoms with Gasteiger partial charge in [0, 0.05) is 29.2 Å². The first-order chi connectivity index (χ1) is 15.3. The molecule has 4 rings (SSSR count). The minimum Gasteiger partial charge on any atom is -0.346 e. The van der Waals surface area contributed by atoms with Gasteiger partial charge in [-0.25, -0.2) is 4.79 Å². The number of fused-ring (bicyclic) bond motifs is 1. The number of nitrogens with one attached hydrogen (secondary N) is 1. The lowest BCUT2D eigenvalue weighted by Gasteiger charge is -2.22. The van der Waals surface area contributed by atoms with Crippen LogP contribution in [0.15, 0.2) is 48.7 Å². The molecular weight excluding hydrogens is 451 g/mol. The molecule has 1 aliphatic heterocycles. The molecule has 3 amide bonds. The first-order valence-electron chi connectivity index (χ1n) is 9.84. The maximum Gasteiger partial charge on any atom is 0.325 e. The molecule has 0 bridgehead atoms. The number of halogens is 2. The first kappa shape index (κ1) is 21.9. The number of amides is 3. The van der Waals surface area contributed by atoms with Crippen molar-refractivity contribution < 1.29 is 14.4 Å². The van der Waals surface area contributed by atoms with Gasteiger partial charge in [-0.15, -0.1) is 0 Å². The van der Waals surface area contributed by atoms with Crippen molar-refractivity contribution in [3.05, 3.63) is 69.8 Å². The lowest BCUT2D eigenvalue weighted by molar-refractivity contribution is -0.130. The van der Waals surface area contributed by atoms with E-state index >= 15 is 0 Å². The molecule has 2 heterocycles. The molecule has 162 valence electrons. The molecule has 9 heteroatoms. The Kier molecular flexibility index (Phi) is 5.68. The van der Waals surface area contributed by atoms with E-state index < -0.39 is 24.0 Å². The number of aromatic nitrogens is 1. The number of hydrogen-bond donors (Lipinski definition) is 1. The fraction of sp³-hybridized carbons (Fsp3) is 0.217. The van der Waals surface area contributed by atoms with Gasteiger partial charge in [0.2, 0.25) is 0 Å². The van der Waals surface area contributed by atoms with E-state index in [0.717, 1.165) is 10.4 Å². The Balaban J connectivity index is 1.63. The summed E-state index contributed by atoms with van der Waals surface area (Å²) in [4.78, 5) is 39.9. The molecule has 32 heavy (non-hydrogen) atoms. The van der Waals surface area contributed by atoms with E-state index in [0.29, 0.717) is 34.5 Å². The molecule has 0 spiro atoms. The Morgan fingerprint density at radius 1 is 1.16 bits per heavy atom. The Bertz CT molecular complexity index is 1310. The highest BCUT2D eigenvalue weighted by atomic mass is 35.5. The molecule has 3 aromatic rings. The summed E-state index contributed by atoms with van der Waals surface area (Å²) in [5.74, 6) is -0.929. The normalized spacial score (nSPS) is 18.1. The summed E-state index contributed by atoms with van der Waals surface area (Å²) in [5, 5.41) is 12.9. The molecule has 1 N–H and O–H groups in total. The molecule has 0 radical (unpaired) electrons. The minimum atomic E-state index is -1.37. The summed E-state index contributed by atoms with van der Waals surface area (Å²) in [6, 6.07) is 13.4. The molecule has 0 saturated carbocycles. The van der Waals surface area contributed by atoms with Gasteiger partial charge in [-0.2, -0.15) is 5.26 Å². The van der Waals surface area contributed by atoms with Crippen LogP contribution < -0.4 is 5.32 Å². The zero-order valence-corrected chi connectivity index (χ0v) is 18.6. The van der Waals surface area contributed by atoms with Crippen LogP contribution in [-0.2, 0) is 16.9 Å². The van der Waals surface area contributed by atoms with Crippen LogP contribution in [0.25, 0.3) is 10.9 Å². The van der Waals surface area contributed by atoms with Crippen LogP contribution in [0.1, 0.15) is 29.3 Å². The van der Waals surface area contributed by atoms with Crippen molar-refractivity contribution in [2.24, 2.45) is 0 Å². The Labute approximate surface area is 194 Å². The molecular formula is C23H18Cl2N4O3. The second-order valence-electron chi connectivity index (χ2n) is 7.66. The van der Waals surface area contributed by atoms with E-state index in [-0.39, 0.29) is 10.8 Å². The van der Waals surface area contributed by atoms with Gasteiger partial charge in [-0.05, 0) is 30.7 Å². The largest absolute Gasteiger partial charge is 0.346 e. The molecule has 7 nitrogen and oxygen atoms in total. The van der Waals surface area contributed by atoms with Crippen molar-refractivity contribution in [2.45, 2.75) is 25.4 Å². The SMILES string of the molecule is CC1(c2ccc(Cl)c(Cl)c2)NC(=O)N(CC(=O)c2cn(CCC#N)c3ccccc23)C1=O. The van der Waals surface area contributed by atoms with E-state index in [4.69, 9.17) is 28.5 Å². The average molecular weight is 469 g/mol. The Morgan fingerprint density at radius 2 is 1.91 bits per heavy atom. The smallest absolute Gasteiger partial charge is 0.325 e. The number of urea groups is 1. The molecule has 1 atom stereocenters. The molecule has 2 aromatic carbocycles. The molecule has 1 aliphatic rings. The van der Waals surface area contributed by atoms with Crippen LogP contribution in [-0.4, -0.2) is 33.7 Å². The second-order valence-corrected chi connectivity index (χ2v) is 8.47. The third-order valence-corrected chi connectivity index (χ3v) is 6.37. The minimum absolute atomic E-state index is 0.257. The van der Waals surface area contributed by atoms with E-state index in [9.17, 15) is 14.4 Å². The maximum atomic E-state index is 13.2. The van der Waals surface area contributed by atoms with E-state index in [1.54, 1.807) is 31.3 Å². The number of Topliss-reactive ketones (excluding diaryl/α,β-unsaturated/α-hetero) is 1. The summed E-state index contributed by atoms with van der Waals surface area (Å²) >= 11 is 12.1. The highest BCUT2D eigenvalue weighted by Crippen LogP contribution is 2.33. The fourth-order valence-electron chi connectivity index (χ4n) is 3.90. The summed E-state index contributed by atoms with van der Waals surface area (Å²) in [6.07, 6.45) is 1.96. The zero-order chi connectivity index (χ0) is 23.0. The van der Waals surface area contributed by atoms with Crippen molar-refractivity contribution in [1.29, 1.82) is 5.26 Å². The van der Waals surface area contributed by atoms with Gasteiger partial charge in [0.15, 0.2) is 5.78 Å². The van der Waals surface area contributed by atoms with Crippen molar-refractivity contribution in [2.75, 3.05) is 6.54 Å². The lowest BCUT2D eigenvalue weighted by atomic mass is 9.92. The number of carbonyl (C=O) groups is 3. The number of aryl methyl sites for hydroxylation is 1. The van der Waals surface area contributed by atoms with Crippen molar-refractivity contribution >= 4 is 51.8 Å². The number of hydrogen-bond acceptors (Lipinski definition) is 4. The monoisotopic (exact) mass is 468 g/mol. The average Bonchev–Trinajstić information content (AvgIpc) is 3.25.